The highest BCUT2D eigenvalue weighted by molar-refractivity contribution is 5.69. The van der Waals surface area contributed by atoms with Crippen LogP contribution in [0.2, 0.25) is 0 Å². The molecule has 0 fully saturated rings. The molecule has 0 heterocycles. The lowest BCUT2D eigenvalue weighted by Crippen LogP contribution is -2.24. The summed E-state index contributed by atoms with van der Waals surface area (Å²) in [6.45, 7) is 9.88. The van der Waals surface area contributed by atoms with Crippen molar-refractivity contribution in [2.24, 2.45) is 0 Å². The molecule has 0 aliphatic rings. The Hall–Kier alpha value is -0.610. The van der Waals surface area contributed by atoms with Gasteiger partial charge in [0, 0.05) is 6.61 Å². The summed E-state index contributed by atoms with van der Waals surface area (Å²) in [6.07, 6.45) is 1.31. The highest BCUT2D eigenvalue weighted by Crippen LogP contribution is 2.07. The van der Waals surface area contributed by atoms with Crippen LogP contribution < -0.4 is 0 Å². The monoisotopic (exact) mass is 232 g/mol. The third-order valence-corrected chi connectivity index (χ3v) is 1.59. The van der Waals surface area contributed by atoms with Crippen LogP contribution in [0.15, 0.2) is 0 Å². The van der Waals surface area contributed by atoms with Gasteiger partial charge in [-0.2, -0.15) is 0 Å². The molecule has 16 heavy (non-hydrogen) atoms. The van der Waals surface area contributed by atoms with Crippen LogP contribution in [0.5, 0.6) is 0 Å². The molecule has 0 aliphatic heterocycles. The zero-order valence-corrected chi connectivity index (χ0v) is 10.9. The number of esters is 1. The highest BCUT2D eigenvalue weighted by Gasteiger charge is 2.15. The van der Waals surface area contributed by atoms with E-state index in [9.17, 15) is 4.79 Å². The average Bonchev–Trinajstić information content (AvgIpc) is 2.13. The van der Waals surface area contributed by atoms with Crippen molar-refractivity contribution in [3.05, 3.63) is 0 Å². The molecule has 0 N–H and O–H groups in total. The fourth-order valence-corrected chi connectivity index (χ4v) is 1.01. The fourth-order valence-electron chi connectivity index (χ4n) is 1.01. The Morgan fingerprint density at radius 3 is 2.06 bits per heavy atom. The lowest BCUT2D eigenvalue weighted by atomic mass is 10.2. The summed E-state index contributed by atoms with van der Waals surface area (Å²) in [6, 6.07) is 0. The quantitative estimate of drug-likeness (QED) is 0.475. The summed E-state index contributed by atoms with van der Waals surface area (Å²) < 4.78 is 15.6. The van der Waals surface area contributed by atoms with Gasteiger partial charge in [0.25, 0.3) is 0 Å². The minimum absolute atomic E-state index is 0.220. The Morgan fingerprint density at radius 1 is 1.00 bits per heavy atom. The van der Waals surface area contributed by atoms with Gasteiger partial charge in [0.15, 0.2) is 0 Å². The summed E-state index contributed by atoms with van der Waals surface area (Å²) >= 11 is 0. The SMILES string of the molecule is CCCOCCOCCC(=O)OC(C)(C)C. The fraction of sp³-hybridized carbons (Fsp3) is 0.917. The molecule has 4 heteroatoms. The van der Waals surface area contributed by atoms with Crippen LogP contribution in [0, 0.1) is 0 Å². The maximum Gasteiger partial charge on any atom is 0.308 e. The average molecular weight is 232 g/mol. The summed E-state index contributed by atoms with van der Waals surface area (Å²) in [5.41, 5.74) is -0.415. The molecule has 0 radical (unpaired) electrons. The van der Waals surface area contributed by atoms with Gasteiger partial charge in [-0.3, -0.25) is 4.79 Å². The maximum atomic E-state index is 11.3. The van der Waals surface area contributed by atoms with Gasteiger partial charge in [-0.05, 0) is 27.2 Å². The predicted molar refractivity (Wildman–Crippen MR) is 62.4 cm³/mol. The maximum absolute atomic E-state index is 11.3. The van der Waals surface area contributed by atoms with Gasteiger partial charge in [-0.15, -0.1) is 0 Å². The van der Waals surface area contributed by atoms with Gasteiger partial charge in [-0.1, -0.05) is 6.92 Å². The molecule has 0 rings (SSSR count). The van der Waals surface area contributed by atoms with Crippen LogP contribution in [-0.4, -0.2) is 38.0 Å². The number of rotatable bonds is 8. The van der Waals surface area contributed by atoms with Crippen molar-refractivity contribution in [2.75, 3.05) is 26.4 Å². The van der Waals surface area contributed by atoms with E-state index in [1.807, 2.05) is 20.8 Å². The van der Waals surface area contributed by atoms with E-state index in [0.29, 0.717) is 26.2 Å². The second-order valence-corrected chi connectivity index (χ2v) is 4.56. The molecule has 4 nitrogen and oxygen atoms in total. The van der Waals surface area contributed by atoms with E-state index < -0.39 is 5.60 Å². The van der Waals surface area contributed by atoms with Crippen LogP contribution in [0.3, 0.4) is 0 Å². The lowest BCUT2D eigenvalue weighted by molar-refractivity contribution is -0.156. The van der Waals surface area contributed by atoms with Gasteiger partial charge in [0.05, 0.1) is 26.2 Å². The van der Waals surface area contributed by atoms with Crippen molar-refractivity contribution in [1.82, 2.24) is 0 Å². The zero-order chi connectivity index (χ0) is 12.4. The van der Waals surface area contributed by atoms with E-state index in [0.717, 1.165) is 13.0 Å². The number of carbonyl (C=O) groups is 1. The summed E-state index contributed by atoms with van der Waals surface area (Å²) in [5, 5.41) is 0. The van der Waals surface area contributed by atoms with Crippen molar-refractivity contribution < 1.29 is 19.0 Å². The van der Waals surface area contributed by atoms with E-state index in [4.69, 9.17) is 14.2 Å². The normalized spacial score (nSPS) is 11.5. The number of carbonyl (C=O) groups excluding carboxylic acids is 1. The first-order valence-electron chi connectivity index (χ1n) is 5.83. The van der Waals surface area contributed by atoms with Gasteiger partial charge in [-0.25, -0.2) is 0 Å². The third kappa shape index (κ3) is 11.5. The lowest BCUT2D eigenvalue weighted by Gasteiger charge is -2.19. The van der Waals surface area contributed by atoms with Crippen molar-refractivity contribution in [2.45, 2.75) is 46.1 Å². The number of hydrogen-bond acceptors (Lipinski definition) is 4. The van der Waals surface area contributed by atoms with Crippen molar-refractivity contribution in [3.63, 3.8) is 0 Å². The summed E-state index contributed by atoms with van der Waals surface area (Å²) in [5.74, 6) is -0.220. The smallest absolute Gasteiger partial charge is 0.308 e. The first-order chi connectivity index (χ1) is 7.45. The van der Waals surface area contributed by atoms with Crippen molar-refractivity contribution >= 4 is 5.97 Å². The highest BCUT2D eigenvalue weighted by atomic mass is 16.6. The molecule has 0 aromatic carbocycles. The van der Waals surface area contributed by atoms with Crippen molar-refractivity contribution in [3.8, 4) is 0 Å². The molecule has 96 valence electrons. The standard InChI is InChI=1S/C12H24O4/c1-5-7-14-9-10-15-8-6-11(13)16-12(2,3)4/h5-10H2,1-4H3. The first kappa shape index (κ1) is 15.4. The molecule has 0 aromatic rings. The van der Waals surface area contributed by atoms with E-state index in [1.54, 1.807) is 0 Å². The van der Waals surface area contributed by atoms with E-state index >= 15 is 0 Å². The van der Waals surface area contributed by atoms with E-state index in [2.05, 4.69) is 6.92 Å². The molecule has 0 atom stereocenters. The molecule has 0 saturated carbocycles. The topological polar surface area (TPSA) is 44.8 Å². The third-order valence-electron chi connectivity index (χ3n) is 1.59. The largest absolute Gasteiger partial charge is 0.460 e. The Bertz CT molecular complexity index is 184. The van der Waals surface area contributed by atoms with Gasteiger partial charge < -0.3 is 14.2 Å². The van der Waals surface area contributed by atoms with Crippen molar-refractivity contribution in [1.29, 1.82) is 0 Å². The molecule has 0 aliphatic carbocycles. The predicted octanol–water partition coefficient (Wildman–Crippen LogP) is 2.16. The van der Waals surface area contributed by atoms with Crippen LogP contribution in [0.1, 0.15) is 40.5 Å². The van der Waals surface area contributed by atoms with E-state index in [1.165, 1.54) is 0 Å². The Morgan fingerprint density at radius 2 is 1.56 bits per heavy atom. The van der Waals surface area contributed by atoms with Crippen LogP contribution in [0.4, 0.5) is 0 Å². The molecule has 0 aromatic heterocycles. The van der Waals surface area contributed by atoms with Gasteiger partial charge in [0.1, 0.15) is 5.60 Å². The van der Waals surface area contributed by atoms with Gasteiger partial charge in [0.2, 0.25) is 0 Å². The Labute approximate surface area is 98.3 Å². The van der Waals surface area contributed by atoms with E-state index in [-0.39, 0.29) is 5.97 Å². The number of ether oxygens (including phenoxy) is 3. The molecular weight excluding hydrogens is 208 g/mol. The second kappa shape index (κ2) is 8.53. The summed E-state index contributed by atoms with van der Waals surface area (Å²) in [7, 11) is 0. The minimum atomic E-state index is -0.415. The molecule has 0 spiro atoms. The second-order valence-electron chi connectivity index (χ2n) is 4.56. The molecule has 0 bridgehead atoms. The first-order valence-corrected chi connectivity index (χ1v) is 5.83. The Balaban J connectivity index is 3.28. The molecule has 0 unspecified atom stereocenters. The zero-order valence-electron chi connectivity index (χ0n) is 10.9. The molecular formula is C12H24O4. The van der Waals surface area contributed by atoms with Gasteiger partial charge >= 0.3 is 5.97 Å². The van der Waals surface area contributed by atoms with Crippen LogP contribution in [-0.2, 0) is 19.0 Å². The Kier molecular flexibility index (Phi) is 8.21. The minimum Gasteiger partial charge on any atom is -0.460 e. The number of hydrogen-bond donors (Lipinski definition) is 0. The summed E-state index contributed by atoms with van der Waals surface area (Å²) in [4.78, 5) is 11.3. The van der Waals surface area contributed by atoms with Crippen LogP contribution in [0.25, 0.3) is 0 Å². The van der Waals surface area contributed by atoms with Crippen LogP contribution >= 0.6 is 0 Å². The molecule has 0 saturated heterocycles. The molecule has 0 amide bonds.